The molecule has 0 spiro atoms. The molecule has 0 aliphatic carbocycles. The highest BCUT2D eigenvalue weighted by molar-refractivity contribution is 7.09. The molecule has 0 aliphatic rings. The summed E-state index contributed by atoms with van der Waals surface area (Å²) in [6.45, 7) is 0. The second-order valence-corrected chi connectivity index (χ2v) is 5.00. The van der Waals surface area contributed by atoms with Gasteiger partial charge < -0.3 is 5.73 Å². The molecule has 0 saturated heterocycles. The van der Waals surface area contributed by atoms with Crippen molar-refractivity contribution in [3.63, 3.8) is 0 Å². The summed E-state index contributed by atoms with van der Waals surface area (Å²) in [7, 11) is 0. The summed E-state index contributed by atoms with van der Waals surface area (Å²) >= 11 is 7.54. The summed E-state index contributed by atoms with van der Waals surface area (Å²) in [5.41, 5.74) is 7.92. The van der Waals surface area contributed by atoms with Gasteiger partial charge in [0.15, 0.2) is 0 Å². The van der Waals surface area contributed by atoms with Crippen molar-refractivity contribution in [1.29, 1.82) is 0 Å². The van der Waals surface area contributed by atoms with Crippen LogP contribution in [0.25, 0.3) is 6.08 Å². The van der Waals surface area contributed by atoms with Gasteiger partial charge in [0, 0.05) is 22.0 Å². The van der Waals surface area contributed by atoms with E-state index in [0.717, 1.165) is 22.7 Å². The summed E-state index contributed by atoms with van der Waals surface area (Å²) in [5, 5.41) is 2.80. The van der Waals surface area contributed by atoms with Crippen LogP contribution in [0.3, 0.4) is 0 Å². The van der Waals surface area contributed by atoms with Gasteiger partial charge in [-0.1, -0.05) is 29.8 Å². The largest absolute Gasteiger partial charge is 0.402 e. The van der Waals surface area contributed by atoms with E-state index < -0.39 is 0 Å². The first-order valence-electron chi connectivity index (χ1n) is 4.98. The van der Waals surface area contributed by atoms with E-state index in [-0.39, 0.29) is 0 Å². The van der Waals surface area contributed by atoms with Gasteiger partial charge in [0.25, 0.3) is 0 Å². The zero-order chi connectivity index (χ0) is 11.4. The van der Waals surface area contributed by atoms with Crippen LogP contribution in [0, 0.1) is 0 Å². The summed E-state index contributed by atoms with van der Waals surface area (Å²) in [6, 6.07) is 11.8. The van der Waals surface area contributed by atoms with Crippen molar-refractivity contribution in [2.45, 2.75) is 6.42 Å². The van der Waals surface area contributed by atoms with Crippen LogP contribution in [0.15, 0.2) is 47.5 Å². The lowest BCUT2D eigenvalue weighted by Gasteiger charge is -2.00. The van der Waals surface area contributed by atoms with Crippen LogP contribution in [0.5, 0.6) is 0 Å². The van der Waals surface area contributed by atoms with Crippen molar-refractivity contribution >= 4 is 29.0 Å². The van der Waals surface area contributed by atoms with E-state index in [1.54, 1.807) is 11.3 Å². The molecule has 0 bridgehead atoms. The van der Waals surface area contributed by atoms with E-state index in [1.807, 2.05) is 36.4 Å². The van der Waals surface area contributed by atoms with E-state index in [4.69, 9.17) is 17.3 Å². The molecule has 16 heavy (non-hydrogen) atoms. The number of rotatable bonds is 3. The molecule has 0 aliphatic heterocycles. The Kier molecular flexibility index (Phi) is 3.65. The normalized spacial score (nSPS) is 11.7. The molecule has 2 N–H and O–H groups in total. The molecular weight excluding hydrogens is 238 g/mol. The van der Waals surface area contributed by atoms with Gasteiger partial charge in [-0.3, -0.25) is 0 Å². The first-order valence-corrected chi connectivity index (χ1v) is 6.24. The molecule has 82 valence electrons. The van der Waals surface area contributed by atoms with Crippen LogP contribution in [-0.2, 0) is 6.42 Å². The maximum Gasteiger partial charge on any atom is 0.0406 e. The van der Waals surface area contributed by atoms with Crippen LogP contribution < -0.4 is 5.73 Å². The van der Waals surface area contributed by atoms with Crippen LogP contribution in [0.1, 0.15) is 10.4 Å². The summed E-state index contributed by atoms with van der Waals surface area (Å²) in [5.74, 6) is 0. The second-order valence-electron chi connectivity index (χ2n) is 3.53. The van der Waals surface area contributed by atoms with Crippen molar-refractivity contribution in [2.75, 3.05) is 0 Å². The number of thiophene rings is 1. The number of nitrogens with two attached hydrogens (primary N) is 1. The fourth-order valence-corrected chi connectivity index (χ4v) is 2.30. The highest BCUT2D eigenvalue weighted by Gasteiger charge is 1.97. The minimum absolute atomic E-state index is 0.744. The topological polar surface area (TPSA) is 26.0 Å². The van der Waals surface area contributed by atoms with Crippen LogP contribution in [-0.4, -0.2) is 0 Å². The second kappa shape index (κ2) is 5.19. The van der Waals surface area contributed by atoms with E-state index in [9.17, 15) is 0 Å². The lowest BCUT2D eigenvalue weighted by molar-refractivity contribution is 1.16. The predicted octanol–water partition coefficient (Wildman–Crippen LogP) is 3.94. The molecule has 3 heteroatoms. The molecule has 0 unspecified atom stereocenters. The minimum atomic E-state index is 0.744. The van der Waals surface area contributed by atoms with Crippen LogP contribution in [0.2, 0.25) is 5.02 Å². The van der Waals surface area contributed by atoms with E-state index >= 15 is 0 Å². The van der Waals surface area contributed by atoms with E-state index in [2.05, 4.69) is 11.4 Å². The zero-order valence-electron chi connectivity index (χ0n) is 8.69. The van der Waals surface area contributed by atoms with Gasteiger partial charge in [0.05, 0.1) is 0 Å². The molecule has 1 nitrogen and oxygen atoms in total. The fourth-order valence-electron chi connectivity index (χ4n) is 1.44. The predicted molar refractivity (Wildman–Crippen MR) is 71.6 cm³/mol. The van der Waals surface area contributed by atoms with Gasteiger partial charge in [-0.25, -0.2) is 0 Å². The Bertz CT molecular complexity index is 471. The van der Waals surface area contributed by atoms with Gasteiger partial charge in [-0.15, -0.1) is 11.3 Å². The number of allylic oxidation sites excluding steroid dienone is 1. The first-order chi connectivity index (χ1) is 7.74. The minimum Gasteiger partial charge on any atom is -0.402 e. The average Bonchev–Trinajstić information content (AvgIpc) is 2.74. The Hall–Kier alpha value is -1.25. The molecule has 2 aromatic rings. The fraction of sp³-hybridized carbons (Fsp3) is 0.0769. The maximum atomic E-state index is 5.97. The van der Waals surface area contributed by atoms with Gasteiger partial charge >= 0.3 is 0 Å². The molecular formula is C13H12ClNS. The third-order valence-electron chi connectivity index (χ3n) is 2.18. The van der Waals surface area contributed by atoms with Crippen molar-refractivity contribution in [1.82, 2.24) is 0 Å². The number of hydrogen-bond donors (Lipinski definition) is 1. The molecule has 0 radical (unpaired) electrons. The summed E-state index contributed by atoms with van der Waals surface area (Å²) < 4.78 is 0. The molecule has 0 saturated carbocycles. The summed E-state index contributed by atoms with van der Waals surface area (Å²) in [6.07, 6.45) is 2.79. The van der Waals surface area contributed by atoms with Crippen molar-refractivity contribution in [2.24, 2.45) is 5.73 Å². The highest BCUT2D eigenvalue weighted by atomic mass is 35.5. The van der Waals surface area contributed by atoms with Crippen molar-refractivity contribution in [3.8, 4) is 0 Å². The Balaban J connectivity index is 2.09. The van der Waals surface area contributed by atoms with Crippen LogP contribution in [0.4, 0.5) is 0 Å². The van der Waals surface area contributed by atoms with E-state index in [0.29, 0.717) is 0 Å². The molecule has 1 aromatic heterocycles. The standard InChI is InChI=1S/C13H12ClNS/c14-11-5-3-10(4-6-11)8-12(15)9-13-2-1-7-16-13/h1-8H,9,15H2/b12-8-. The van der Waals surface area contributed by atoms with Crippen molar-refractivity contribution < 1.29 is 0 Å². The zero-order valence-corrected chi connectivity index (χ0v) is 10.3. The first kappa shape index (κ1) is 11.2. The molecule has 1 heterocycles. The van der Waals surface area contributed by atoms with Gasteiger partial charge in [0.2, 0.25) is 0 Å². The highest BCUT2D eigenvalue weighted by Crippen LogP contribution is 2.15. The average molecular weight is 250 g/mol. The van der Waals surface area contributed by atoms with Gasteiger partial charge in [-0.2, -0.15) is 0 Å². The van der Waals surface area contributed by atoms with Gasteiger partial charge in [-0.05, 0) is 35.2 Å². The Labute approximate surface area is 104 Å². The molecule has 1 aromatic carbocycles. The van der Waals surface area contributed by atoms with Crippen LogP contribution >= 0.6 is 22.9 Å². The van der Waals surface area contributed by atoms with Gasteiger partial charge in [0.1, 0.15) is 0 Å². The lowest BCUT2D eigenvalue weighted by Crippen LogP contribution is -1.99. The lowest BCUT2D eigenvalue weighted by atomic mass is 10.1. The molecule has 0 atom stereocenters. The Morgan fingerprint density at radius 1 is 1.25 bits per heavy atom. The monoisotopic (exact) mass is 249 g/mol. The number of benzene rings is 1. The SMILES string of the molecule is N/C(=C\c1ccc(Cl)cc1)Cc1cccs1. The molecule has 0 fully saturated rings. The maximum absolute atomic E-state index is 5.97. The summed E-state index contributed by atoms with van der Waals surface area (Å²) in [4.78, 5) is 1.28. The number of halogens is 1. The molecule has 2 rings (SSSR count). The molecule has 0 amide bonds. The third kappa shape index (κ3) is 3.12. The van der Waals surface area contributed by atoms with Crippen molar-refractivity contribution in [3.05, 3.63) is 62.9 Å². The quantitative estimate of drug-likeness (QED) is 0.876. The Morgan fingerprint density at radius 2 is 2.00 bits per heavy atom. The Morgan fingerprint density at radius 3 is 2.62 bits per heavy atom. The smallest absolute Gasteiger partial charge is 0.0406 e. The number of hydrogen-bond acceptors (Lipinski definition) is 2. The van der Waals surface area contributed by atoms with E-state index in [1.165, 1.54) is 4.88 Å². The third-order valence-corrected chi connectivity index (χ3v) is 3.31.